The van der Waals surface area contributed by atoms with Crippen molar-refractivity contribution in [2.75, 3.05) is 0 Å². The van der Waals surface area contributed by atoms with Gasteiger partial charge in [-0.05, 0) is 43.4 Å². The highest BCUT2D eigenvalue weighted by molar-refractivity contribution is 5.31. The molecule has 0 atom stereocenters. The molecule has 76 valence electrons. The number of phenolic OH excluding ortho intramolecular Hbond substituents is 1. The molecule has 0 radical (unpaired) electrons. The minimum absolute atomic E-state index is 0.157. The molecule has 1 N–H and O–H groups in total. The summed E-state index contributed by atoms with van der Waals surface area (Å²) in [6, 6.07) is 6.60. The Balaban J connectivity index is 2.28. The van der Waals surface area contributed by atoms with Gasteiger partial charge in [0.2, 0.25) is 0 Å². The summed E-state index contributed by atoms with van der Waals surface area (Å²) in [6.07, 6.45) is 4.22. The quantitative estimate of drug-likeness (QED) is 0.725. The fourth-order valence-electron chi connectivity index (χ4n) is 2.19. The first-order valence-electron chi connectivity index (χ1n) is 5.19. The summed E-state index contributed by atoms with van der Waals surface area (Å²) in [5.41, 5.74) is -0.561. The second-order valence-electron chi connectivity index (χ2n) is 4.08. The summed E-state index contributed by atoms with van der Waals surface area (Å²) < 4.78 is 14.4. The molecule has 1 aromatic carbocycles. The van der Waals surface area contributed by atoms with Crippen LogP contribution in [0, 0.1) is 0 Å². The number of rotatable bonds is 1. The molecule has 0 spiro atoms. The first-order valence-corrected chi connectivity index (χ1v) is 5.19. The molecule has 2 rings (SSSR count). The maximum atomic E-state index is 14.4. The van der Waals surface area contributed by atoms with Crippen molar-refractivity contribution in [3.05, 3.63) is 29.8 Å². The van der Waals surface area contributed by atoms with Crippen molar-refractivity contribution < 1.29 is 9.50 Å². The largest absolute Gasteiger partial charge is 0.508 e. The van der Waals surface area contributed by atoms with Gasteiger partial charge >= 0.3 is 0 Å². The van der Waals surface area contributed by atoms with E-state index < -0.39 is 5.67 Å². The van der Waals surface area contributed by atoms with E-state index in [1.54, 1.807) is 24.3 Å². The SMILES string of the molecule is Oc1cccc(C2(F)CCCCC2)c1. The van der Waals surface area contributed by atoms with Gasteiger partial charge in [0, 0.05) is 0 Å². The van der Waals surface area contributed by atoms with E-state index >= 15 is 0 Å². The van der Waals surface area contributed by atoms with Crippen molar-refractivity contribution >= 4 is 0 Å². The van der Waals surface area contributed by atoms with Crippen LogP contribution in [-0.4, -0.2) is 5.11 Å². The molecular formula is C12H15FO. The fourth-order valence-corrected chi connectivity index (χ4v) is 2.19. The minimum atomic E-state index is -1.20. The molecule has 0 amide bonds. The molecular weight excluding hydrogens is 179 g/mol. The average molecular weight is 194 g/mol. The Morgan fingerprint density at radius 3 is 2.50 bits per heavy atom. The third-order valence-corrected chi connectivity index (χ3v) is 3.01. The molecule has 1 fully saturated rings. The number of hydrogen-bond donors (Lipinski definition) is 1. The monoisotopic (exact) mass is 194 g/mol. The molecule has 1 aliphatic carbocycles. The minimum Gasteiger partial charge on any atom is -0.508 e. The highest BCUT2D eigenvalue weighted by Gasteiger charge is 2.33. The van der Waals surface area contributed by atoms with Crippen LogP contribution in [-0.2, 0) is 5.67 Å². The van der Waals surface area contributed by atoms with Crippen LogP contribution in [0.3, 0.4) is 0 Å². The van der Waals surface area contributed by atoms with Gasteiger partial charge in [0.1, 0.15) is 11.4 Å². The topological polar surface area (TPSA) is 20.2 Å². The van der Waals surface area contributed by atoms with Gasteiger partial charge in [0.25, 0.3) is 0 Å². The lowest BCUT2D eigenvalue weighted by atomic mass is 9.81. The van der Waals surface area contributed by atoms with Crippen LogP contribution in [0.1, 0.15) is 37.7 Å². The van der Waals surface area contributed by atoms with Crippen molar-refractivity contribution in [3.63, 3.8) is 0 Å². The van der Waals surface area contributed by atoms with Gasteiger partial charge in [-0.1, -0.05) is 18.6 Å². The van der Waals surface area contributed by atoms with E-state index in [1.807, 2.05) is 0 Å². The number of aromatic hydroxyl groups is 1. The van der Waals surface area contributed by atoms with E-state index in [1.165, 1.54) is 0 Å². The van der Waals surface area contributed by atoms with Crippen LogP contribution in [0.2, 0.25) is 0 Å². The zero-order valence-corrected chi connectivity index (χ0v) is 8.17. The van der Waals surface area contributed by atoms with Crippen LogP contribution < -0.4 is 0 Å². The van der Waals surface area contributed by atoms with E-state index in [-0.39, 0.29) is 5.75 Å². The van der Waals surface area contributed by atoms with Crippen molar-refractivity contribution in [1.82, 2.24) is 0 Å². The average Bonchev–Trinajstić information content (AvgIpc) is 2.19. The van der Waals surface area contributed by atoms with Crippen molar-refractivity contribution in [2.45, 2.75) is 37.8 Å². The molecule has 0 saturated heterocycles. The Hall–Kier alpha value is -1.05. The molecule has 1 aliphatic rings. The molecule has 1 aromatic rings. The lowest BCUT2D eigenvalue weighted by Crippen LogP contribution is -2.23. The molecule has 0 unspecified atom stereocenters. The number of benzene rings is 1. The van der Waals surface area contributed by atoms with Gasteiger partial charge in [-0.25, -0.2) is 4.39 Å². The predicted octanol–water partition coefficient (Wildman–Crippen LogP) is 3.52. The Bertz CT molecular complexity index is 316. The maximum absolute atomic E-state index is 14.4. The molecule has 0 bridgehead atoms. The molecule has 0 aliphatic heterocycles. The van der Waals surface area contributed by atoms with Crippen LogP contribution >= 0.6 is 0 Å². The summed E-state index contributed by atoms with van der Waals surface area (Å²) in [6.45, 7) is 0. The molecule has 1 nitrogen and oxygen atoms in total. The smallest absolute Gasteiger partial charge is 0.136 e. The zero-order valence-electron chi connectivity index (χ0n) is 8.17. The zero-order chi connectivity index (χ0) is 10.0. The number of phenols is 1. The van der Waals surface area contributed by atoms with Gasteiger partial charge in [0.15, 0.2) is 0 Å². The fraction of sp³-hybridized carbons (Fsp3) is 0.500. The van der Waals surface area contributed by atoms with Crippen molar-refractivity contribution in [3.8, 4) is 5.75 Å². The summed E-state index contributed by atoms with van der Waals surface area (Å²) in [7, 11) is 0. The van der Waals surface area contributed by atoms with Crippen LogP contribution in [0.5, 0.6) is 5.75 Å². The first kappa shape index (κ1) is 9.50. The molecule has 2 heteroatoms. The van der Waals surface area contributed by atoms with Crippen molar-refractivity contribution in [1.29, 1.82) is 0 Å². The summed E-state index contributed by atoms with van der Waals surface area (Å²) in [5.74, 6) is 0.157. The van der Waals surface area contributed by atoms with Crippen LogP contribution in [0.4, 0.5) is 4.39 Å². The van der Waals surface area contributed by atoms with Gasteiger partial charge in [0.05, 0.1) is 0 Å². The predicted molar refractivity (Wildman–Crippen MR) is 54.0 cm³/mol. The van der Waals surface area contributed by atoms with E-state index in [4.69, 9.17) is 0 Å². The lowest BCUT2D eigenvalue weighted by molar-refractivity contribution is 0.106. The third-order valence-electron chi connectivity index (χ3n) is 3.01. The number of halogens is 1. The number of alkyl halides is 1. The van der Waals surface area contributed by atoms with Crippen LogP contribution in [0.25, 0.3) is 0 Å². The standard InChI is InChI=1S/C12H15FO/c13-12(7-2-1-3-8-12)10-5-4-6-11(14)9-10/h4-6,9,14H,1-3,7-8H2. The van der Waals surface area contributed by atoms with Gasteiger partial charge in [-0.15, -0.1) is 0 Å². The third kappa shape index (κ3) is 1.74. The van der Waals surface area contributed by atoms with E-state index in [9.17, 15) is 9.50 Å². The summed E-state index contributed by atoms with van der Waals surface area (Å²) in [4.78, 5) is 0. The van der Waals surface area contributed by atoms with Crippen LogP contribution in [0.15, 0.2) is 24.3 Å². The molecule has 0 heterocycles. The first-order chi connectivity index (χ1) is 6.71. The Morgan fingerprint density at radius 1 is 1.14 bits per heavy atom. The molecule has 14 heavy (non-hydrogen) atoms. The van der Waals surface area contributed by atoms with E-state index in [0.29, 0.717) is 18.4 Å². The highest BCUT2D eigenvalue weighted by Crippen LogP contribution is 2.41. The lowest BCUT2D eigenvalue weighted by Gasteiger charge is -2.29. The van der Waals surface area contributed by atoms with Gasteiger partial charge < -0.3 is 5.11 Å². The molecule has 0 aromatic heterocycles. The number of hydrogen-bond acceptors (Lipinski definition) is 1. The van der Waals surface area contributed by atoms with E-state index in [2.05, 4.69) is 0 Å². The summed E-state index contributed by atoms with van der Waals surface area (Å²) in [5, 5.41) is 9.29. The van der Waals surface area contributed by atoms with E-state index in [0.717, 1.165) is 19.3 Å². The second-order valence-corrected chi connectivity index (χ2v) is 4.08. The highest BCUT2D eigenvalue weighted by atomic mass is 19.1. The Kier molecular flexibility index (Phi) is 2.44. The summed E-state index contributed by atoms with van der Waals surface area (Å²) >= 11 is 0. The Morgan fingerprint density at radius 2 is 1.86 bits per heavy atom. The maximum Gasteiger partial charge on any atom is 0.136 e. The molecule has 1 saturated carbocycles. The Labute approximate surface area is 83.6 Å². The van der Waals surface area contributed by atoms with Gasteiger partial charge in [-0.2, -0.15) is 0 Å². The van der Waals surface area contributed by atoms with Gasteiger partial charge in [-0.3, -0.25) is 0 Å². The second kappa shape index (κ2) is 3.60. The van der Waals surface area contributed by atoms with Crippen molar-refractivity contribution in [2.24, 2.45) is 0 Å². The normalized spacial score (nSPS) is 20.6.